The number of hydrogen-bond donors (Lipinski definition) is 2. The van der Waals surface area contributed by atoms with Gasteiger partial charge in [-0.25, -0.2) is 9.78 Å². The van der Waals surface area contributed by atoms with Crippen molar-refractivity contribution in [2.75, 3.05) is 38.5 Å². The Balaban J connectivity index is 1.48. The van der Waals surface area contributed by atoms with Gasteiger partial charge in [0.15, 0.2) is 11.5 Å². The topological polar surface area (TPSA) is 117 Å². The number of urea groups is 1. The molecule has 0 atom stereocenters. The molecule has 1 saturated heterocycles. The molecule has 0 unspecified atom stereocenters. The number of aryl methyl sites for hydroxylation is 1. The van der Waals surface area contributed by atoms with Crippen LogP contribution in [0.1, 0.15) is 33.6 Å². The molecular formula is C24H26ClF3N8O3. The first-order valence-electron chi connectivity index (χ1n) is 12.0. The van der Waals surface area contributed by atoms with Crippen LogP contribution in [0.2, 0.25) is 5.02 Å². The SMILES string of the molecule is CCn1cc(-c2cnc(C(=O)Nc3ccc(C(=O)N4CCN(C(=O)NC)CC4)c(Cl)c3)n2C)c(C(F)(F)F)n1. The fraction of sp³-hybridized carbons (Fsp3) is 0.375. The summed E-state index contributed by atoms with van der Waals surface area (Å²) in [4.78, 5) is 44.8. The maximum absolute atomic E-state index is 13.5. The van der Waals surface area contributed by atoms with Crippen molar-refractivity contribution in [2.45, 2.75) is 19.6 Å². The Morgan fingerprint density at radius 3 is 2.36 bits per heavy atom. The van der Waals surface area contributed by atoms with Crippen LogP contribution in [0.3, 0.4) is 0 Å². The Hall–Kier alpha value is -4.07. The highest BCUT2D eigenvalue weighted by Gasteiger charge is 2.38. The van der Waals surface area contributed by atoms with Gasteiger partial charge in [-0.2, -0.15) is 18.3 Å². The molecule has 4 rings (SSSR count). The summed E-state index contributed by atoms with van der Waals surface area (Å²) in [5.74, 6) is -1.12. The third kappa shape index (κ3) is 5.70. The normalized spacial score (nSPS) is 13.9. The number of nitrogens with zero attached hydrogens (tertiary/aromatic N) is 6. The number of anilines is 1. The highest BCUT2D eigenvalue weighted by molar-refractivity contribution is 6.34. The zero-order valence-electron chi connectivity index (χ0n) is 21.3. The van der Waals surface area contributed by atoms with Crippen molar-refractivity contribution in [3.05, 3.63) is 52.7 Å². The van der Waals surface area contributed by atoms with Gasteiger partial charge in [-0.1, -0.05) is 11.6 Å². The number of halogens is 4. The van der Waals surface area contributed by atoms with Gasteiger partial charge in [-0.15, -0.1) is 0 Å². The first-order chi connectivity index (χ1) is 18.4. The van der Waals surface area contributed by atoms with E-state index < -0.39 is 17.8 Å². The van der Waals surface area contributed by atoms with Gasteiger partial charge in [-0.3, -0.25) is 14.3 Å². The van der Waals surface area contributed by atoms with Gasteiger partial charge in [0.2, 0.25) is 0 Å². The second-order valence-corrected chi connectivity index (χ2v) is 9.16. The lowest BCUT2D eigenvalue weighted by Crippen LogP contribution is -2.52. The molecule has 1 aliphatic rings. The molecule has 4 amide bonds. The van der Waals surface area contributed by atoms with Crippen molar-refractivity contribution in [3.8, 4) is 11.3 Å². The van der Waals surface area contributed by atoms with E-state index in [0.29, 0.717) is 26.2 Å². The van der Waals surface area contributed by atoms with E-state index in [2.05, 4.69) is 20.7 Å². The van der Waals surface area contributed by atoms with Crippen LogP contribution in [0.4, 0.5) is 23.7 Å². The van der Waals surface area contributed by atoms with E-state index in [1.54, 1.807) is 23.8 Å². The van der Waals surface area contributed by atoms with Crippen LogP contribution in [0.15, 0.2) is 30.6 Å². The largest absolute Gasteiger partial charge is 0.435 e. The fourth-order valence-corrected chi connectivity index (χ4v) is 4.51. The van der Waals surface area contributed by atoms with Crippen LogP contribution in [-0.4, -0.2) is 80.2 Å². The number of aromatic nitrogens is 4. The number of imidazole rings is 1. The van der Waals surface area contributed by atoms with Crippen molar-refractivity contribution in [2.24, 2.45) is 7.05 Å². The molecule has 2 N–H and O–H groups in total. The number of carbonyl (C=O) groups is 3. The van der Waals surface area contributed by atoms with E-state index in [4.69, 9.17) is 11.6 Å². The number of amides is 4. The predicted octanol–water partition coefficient (Wildman–Crippen LogP) is 3.33. The van der Waals surface area contributed by atoms with Gasteiger partial charge in [0, 0.05) is 58.7 Å². The predicted molar refractivity (Wildman–Crippen MR) is 136 cm³/mol. The van der Waals surface area contributed by atoms with E-state index in [1.807, 2.05) is 0 Å². The number of alkyl halides is 3. The van der Waals surface area contributed by atoms with Gasteiger partial charge in [0.1, 0.15) is 0 Å². The van der Waals surface area contributed by atoms with Crippen LogP contribution in [0, 0.1) is 0 Å². The second kappa shape index (κ2) is 11.0. The van der Waals surface area contributed by atoms with Crippen molar-refractivity contribution in [3.63, 3.8) is 0 Å². The molecular weight excluding hydrogens is 541 g/mol. The minimum absolute atomic E-state index is 0.0719. The van der Waals surface area contributed by atoms with Crippen LogP contribution >= 0.6 is 11.6 Å². The molecule has 1 fully saturated rings. The van der Waals surface area contributed by atoms with Gasteiger partial charge < -0.3 is 25.0 Å². The van der Waals surface area contributed by atoms with E-state index in [1.165, 1.54) is 42.2 Å². The van der Waals surface area contributed by atoms with Crippen molar-refractivity contribution in [1.82, 2.24) is 34.4 Å². The first kappa shape index (κ1) is 28.0. The van der Waals surface area contributed by atoms with E-state index in [-0.39, 0.29) is 51.8 Å². The number of benzene rings is 1. The van der Waals surface area contributed by atoms with Crippen molar-refractivity contribution >= 4 is 35.1 Å². The van der Waals surface area contributed by atoms with Gasteiger partial charge >= 0.3 is 12.2 Å². The summed E-state index contributed by atoms with van der Waals surface area (Å²) in [7, 11) is 2.97. The molecule has 0 spiro atoms. The lowest BCUT2D eigenvalue weighted by molar-refractivity contribution is -0.141. The van der Waals surface area contributed by atoms with Crippen LogP contribution in [-0.2, 0) is 19.8 Å². The summed E-state index contributed by atoms with van der Waals surface area (Å²) >= 11 is 6.36. The van der Waals surface area contributed by atoms with Gasteiger partial charge in [0.25, 0.3) is 11.8 Å². The summed E-state index contributed by atoms with van der Waals surface area (Å²) in [6.45, 7) is 3.35. The Labute approximate surface area is 226 Å². The molecule has 0 bridgehead atoms. The molecule has 11 nitrogen and oxygen atoms in total. The number of carbonyl (C=O) groups excluding carboxylic acids is 3. The number of nitrogens with one attached hydrogen (secondary N) is 2. The molecule has 1 aromatic carbocycles. The molecule has 2 aromatic heterocycles. The molecule has 0 radical (unpaired) electrons. The minimum Gasteiger partial charge on any atom is -0.341 e. The highest BCUT2D eigenvalue weighted by atomic mass is 35.5. The minimum atomic E-state index is -4.68. The van der Waals surface area contributed by atoms with Gasteiger partial charge in [-0.05, 0) is 25.1 Å². The summed E-state index contributed by atoms with van der Waals surface area (Å²) in [5.41, 5.74) is -0.690. The average molecular weight is 567 g/mol. The molecule has 3 heterocycles. The highest BCUT2D eigenvalue weighted by Crippen LogP contribution is 2.36. The number of piperazine rings is 1. The van der Waals surface area contributed by atoms with Crippen molar-refractivity contribution in [1.29, 1.82) is 0 Å². The molecule has 0 aliphatic carbocycles. The summed E-state index contributed by atoms with van der Waals surface area (Å²) < 4.78 is 43.0. The summed E-state index contributed by atoms with van der Waals surface area (Å²) in [6.07, 6.45) is -2.24. The van der Waals surface area contributed by atoms with E-state index in [9.17, 15) is 27.6 Å². The Morgan fingerprint density at radius 2 is 1.77 bits per heavy atom. The van der Waals surface area contributed by atoms with Crippen LogP contribution < -0.4 is 10.6 Å². The van der Waals surface area contributed by atoms with E-state index in [0.717, 1.165) is 4.68 Å². The Kier molecular flexibility index (Phi) is 7.86. The average Bonchev–Trinajstić information content (AvgIpc) is 3.51. The molecule has 208 valence electrons. The third-order valence-electron chi connectivity index (χ3n) is 6.35. The van der Waals surface area contributed by atoms with Crippen LogP contribution in [0.25, 0.3) is 11.3 Å². The number of hydrogen-bond acceptors (Lipinski definition) is 5. The Bertz CT molecular complexity index is 1410. The van der Waals surface area contributed by atoms with Gasteiger partial charge in [0.05, 0.1) is 28.0 Å². The summed E-state index contributed by atoms with van der Waals surface area (Å²) in [6, 6.07) is 4.17. The first-order valence-corrected chi connectivity index (χ1v) is 12.4. The molecule has 3 aromatic rings. The maximum Gasteiger partial charge on any atom is 0.435 e. The monoisotopic (exact) mass is 566 g/mol. The number of rotatable bonds is 5. The zero-order valence-corrected chi connectivity index (χ0v) is 22.1. The second-order valence-electron chi connectivity index (χ2n) is 8.75. The quantitative estimate of drug-likeness (QED) is 0.491. The molecule has 1 aliphatic heterocycles. The zero-order chi connectivity index (χ0) is 28.5. The third-order valence-corrected chi connectivity index (χ3v) is 6.66. The van der Waals surface area contributed by atoms with Crippen LogP contribution in [0.5, 0.6) is 0 Å². The fourth-order valence-electron chi connectivity index (χ4n) is 4.25. The molecule has 0 saturated carbocycles. The van der Waals surface area contributed by atoms with E-state index >= 15 is 0 Å². The smallest absolute Gasteiger partial charge is 0.341 e. The van der Waals surface area contributed by atoms with Crippen molar-refractivity contribution < 1.29 is 27.6 Å². The maximum atomic E-state index is 13.5. The molecule has 39 heavy (non-hydrogen) atoms. The lowest BCUT2D eigenvalue weighted by Gasteiger charge is -2.34. The standard InChI is InChI=1S/C24H26ClF3N8O3/c1-4-36-13-16(19(32-36)24(26,27)28)18-12-30-20(33(18)3)21(37)31-14-5-6-15(17(25)11-14)22(38)34-7-9-35(10-8-34)23(39)29-2/h5-6,11-13H,4,7-10H2,1-3H3,(H,29,39)(H,31,37). The lowest BCUT2D eigenvalue weighted by atomic mass is 10.1. The molecule has 15 heteroatoms. The Morgan fingerprint density at radius 1 is 1.10 bits per heavy atom. The summed E-state index contributed by atoms with van der Waals surface area (Å²) in [5, 5.41) is 8.87.